The van der Waals surface area contributed by atoms with Gasteiger partial charge in [0.2, 0.25) is 5.91 Å². The summed E-state index contributed by atoms with van der Waals surface area (Å²) in [5.74, 6) is 0.780. The Morgan fingerprint density at radius 3 is 2.47 bits per heavy atom. The fourth-order valence-electron chi connectivity index (χ4n) is 3.86. The third-order valence-electron chi connectivity index (χ3n) is 5.39. The Morgan fingerprint density at radius 2 is 1.71 bits per heavy atom. The lowest BCUT2D eigenvalue weighted by Gasteiger charge is -2.23. The van der Waals surface area contributed by atoms with Crippen molar-refractivity contribution in [3.05, 3.63) is 101 Å². The van der Waals surface area contributed by atoms with Gasteiger partial charge >= 0.3 is 6.09 Å². The van der Waals surface area contributed by atoms with Crippen LogP contribution < -0.4 is 10.2 Å². The maximum atomic E-state index is 13.3. The van der Waals surface area contributed by atoms with E-state index in [4.69, 9.17) is 16.3 Å². The molecule has 0 fully saturated rings. The van der Waals surface area contributed by atoms with Gasteiger partial charge in [0.1, 0.15) is 12.4 Å². The van der Waals surface area contributed by atoms with E-state index in [0.717, 1.165) is 11.3 Å². The lowest BCUT2D eigenvalue weighted by Crippen LogP contribution is -2.26. The van der Waals surface area contributed by atoms with E-state index in [1.54, 1.807) is 21.6 Å². The summed E-state index contributed by atoms with van der Waals surface area (Å²) in [5.41, 5.74) is 2.90. The highest BCUT2D eigenvalue weighted by Gasteiger charge is 2.30. The molecule has 8 nitrogen and oxygen atoms in total. The molecule has 9 heteroatoms. The predicted molar refractivity (Wildman–Crippen MR) is 127 cm³/mol. The van der Waals surface area contributed by atoms with Crippen molar-refractivity contribution in [3.8, 4) is 5.69 Å². The molecule has 2 heterocycles. The van der Waals surface area contributed by atoms with Crippen LogP contribution in [0.4, 0.5) is 16.2 Å². The van der Waals surface area contributed by atoms with Gasteiger partial charge in [-0.05, 0) is 35.9 Å². The Balaban J connectivity index is 1.42. The zero-order chi connectivity index (χ0) is 23.5. The zero-order valence-electron chi connectivity index (χ0n) is 18.0. The summed E-state index contributed by atoms with van der Waals surface area (Å²) < 4.78 is 7.07. The molecule has 1 aliphatic heterocycles. The number of halogens is 1. The molecule has 0 radical (unpaired) electrons. The minimum Gasteiger partial charge on any atom is -0.445 e. The van der Waals surface area contributed by atoms with Crippen LogP contribution in [0.15, 0.2) is 78.9 Å². The van der Waals surface area contributed by atoms with E-state index in [0.29, 0.717) is 28.0 Å². The monoisotopic (exact) mass is 473 g/mol. The first kappa shape index (κ1) is 21.7. The van der Waals surface area contributed by atoms with Gasteiger partial charge in [-0.3, -0.25) is 14.3 Å². The zero-order valence-corrected chi connectivity index (χ0v) is 18.8. The minimum absolute atomic E-state index is 0.0344. The van der Waals surface area contributed by atoms with Gasteiger partial charge in [-0.25, -0.2) is 4.79 Å². The van der Waals surface area contributed by atoms with Crippen LogP contribution in [0.2, 0.25) is 5.02 Å². The SMILES string of the molecule is O=C(NCc1nnc2n1-c1ccc(Cl)cc1N(c1ccccc1)C(=O)C2)OCc1ccccc1. The van der Waals surface area contributed by atoms with Gasteiger partial charge in [-0.2, -0.15) is 0 Å². The Morgan fingerprint density at radius 1 is 0.971 bits per heavy atom. The largest absolute Gasteiger partial charge is 0.445 e. The Kier molecular flexibility index (Phi) is 5.97. The maximum absolute atomic E-state index is 13.3. The summed E-state index contributed by atoms with van der Waals surface area (Å²) in [5, 5.41) is 11.7. The number of nitrogens with zero attached hydrogens (tertiary/aromatic N) is 4. The van der Waals surface area contributed by atoms with Crippen LogP contribution in [0.25, 0.3) is 5.69 Å². The number of rotatable bonds is 5. The molecule has 1 aliphatic rings. The average molecular weight is 474 g/mol. The first-order valence-corrected chi connectivity index (χ1v) is 11.0. The average Bonchev–Trinajstić information content (AvgIpc) is 3.19. The van der Waals surface area contributed by atoms with Crippen molar-refractivity contribution in [1.82, 2.24) is 20.1 Å². The lowest BCUT2D eigenvalue weighted by atomic mass is 10.2. The number of carbonyl (C=O) groups excluding carboxylic acids is 2. The number of hydrogen-bond donors (Lipinski definition) is 1. The topological polar surface area (TPSA) is 89.4 Å². The molecule has 0 aliphatic carbocycles. The highest BCUT2D eigenvalue weighted by atomic mass is 35.5. The van der Waals surface area contributed by atoms with Crippen molar-refractivity contribution >= 4 is 35.0 Å². The van der Waals surface area contributed by atoms with E-state index in [9.17, 15) is 9.59 Å². The Hall–Kier alpha value is -4.17. The van der Waals surface area contributed by atoms with Crippen molar-refractivity contribution in [1.29, 1.82) is 0 Å². The summed E-state index contributed by atoms with van der Waals surface area (Å²) in [6, 6.07) is 24.1. The number of para-hydroxylation sites is 1. The highest BCUT2D eigenvalue weighted by Crippen LogP contribution is 2.37. The smallest absolute Gasteiger partial charge is 0.407 e. The lowest BCUT2D eigenvalue weighted by molar-refractivity contribution is -0.117. The van der Waals surface area contributed by atoms with Crippen LogP contribution in [-0.2, 0) is 29.1 Å². The Labute approximate surface area is 200 Å². The molecule has 2 amide bonds. The fourth-order valence-corrected chi connectivity index (χ4v) is 4.03. The Bertz CT molecular complexity index is 1340. The van der Waals surface area contributed by atoms with Gasteiger partial charge in [0, 0.05) is 10.7 Å². The van der Waals surface area contributed by atoms with Crippen LogP contribution in [-0.4, -0.2) is 26.8 Å². The number of alkyl carbamates (subject to hydrolysis) is 1. The van der Waals surface area contributed by atoms with Gasteiger partial charge in [0.15, 0.2) is 5.82 Å². The first-order chi connectivity index (χ1) is 16.6. The van der Waals surface area contributed by atoms with E-state index >= 15 is 0 Å². The second-order valence-corrected chi connectivity index (χ2v) is 8.09. The summed E-state index contributed by atoms with van der Waals surface area (Å²) in [4.78, 5) is 27.1. The van der Waals surface area contributed by atoms with Crippen molar-refractivity contribution in [3.63, 3.8) is 0 Å². The van der Waals surface area contributed by atoms with Crippen LogP contribution in [0.5, 0.6) is 0 Å². The number of fused-ring (bicyclic) bond motifs is 3. The number of amides is 2. The molecule has 4 aromatic rings. The van der Waals surface area contributed by atoms with Crippen LogP contribution in [0, 0.1) is 0 Å². The number of anilines is 2. The summed E-state index contributed by atoms with van der Waals surface area (Å²) in [6.45, 7) is 0.231. The van der Waals surface area contributed by atoms with E-state index in [1.165, 1.54) is 0 Å². The van der Waals surface area contributed by atoms with Crippen molar-refractivity contribution in [2.24, 2.45) is 0 Å². The minimum atomic E-state index is -0.576. The summed E-state index contributed by atoms with van der Waals surface area (Å²) in [7, 11) is 0. The number of carbonyl (C=O) groups is 2. The van der Waals surface area contributed by atoms with Gasteiger partial charge in [-0.15, -0.1) is 10.2 Å². The molecule has 34 heavy (non-hydrogen) atoms. The first-order valence-electron chi connectivity index (χ1n) is 10.7. The molecule has 1 aromatic heterocycles. The molecule has 0 saturated heterocycles. The molecule has 0 unspecified atom stereocenters. The second kappa shape index (κ2) is 9.36. The van der Waals surface area contributed by atoms with E-state index in [-0.39, 0.29) is 25.5 Å². The summed E-state index contributed by atoms with van der Waals surface area (Å²) >= 11 is 6.31. The van der Waals surface area contributed by atoms with E-state index in [2.05, 4.69) is 15.5 Å². The van der Waals surface area contributed by atoms with E-state index < -0.39 is 6.09 Å². The molecular formula is C25H20ClN5O3. The number of aromatic nitrogens is 3. The van der Waals surface area contributed by atoms with Crippen molar-refractivity contribution in [2.75, 3.05) is 4.90 Å². The van der Waals surface area contributed by atoms with Gasteiger partial charge < -0.3 is 10.1 Å². The van der Waals surface area contributed by atoms with Gasteiger partial charge in [0.25, 0.3) is 0 Å². The van der Waals surface area contributed by atoms with Crippen LogP contribution in [0.3, 0.4) is 0 Å². The normalized spacial score (nSPS) is 12.5. The van der Waals surface area contributed by atoms with Crippen LogP contribution in [0.1, 0.15) is 17.2 Å². The molecule has 3 aromatic carbocycles. The molecule has 5 rings (SSSR count). The summed E-state index contributed by atoms with van der Waals surface area (Å²) in [6.07, 6.45) is -0.541. The number of nitrogens with one attached hydrogen (secondary N) is 1. The third kappa shape index (κ3) is 4.35. The number of hydrogen-bond acceptors (Lipinski definition) is 5. The van der Waals surface area contributed by atoms with Crippen molar-refractivity contribution in [2.45, 2.75) is 19.6 Å². The maximum Gasteiger partial charge on any atom is 0.407 e. The van der Waals surface area contributed by atoms with Gasteiger partial charge in [0.05, 0.1) is 24.3 Å². The quantitative estimate of drug-likeness (QED) is 0.458. The molecule has 0 saturated carbocycles. The molecule has 0 spiro atoms. The number of benzene rings is 3. The molecule has 0 atom stereocenters. The molecule has 0 bridgehead atoms. The molecular weight excluding hydrogens is 454 g/mol. The predicted octanol–water partition coefficient (Wildman–Crippen LogP) is 4.57. The molecule has 170 valence electrons. The van der Waals surface area contributed by atoms with Crippen LogP contribution >= 0.6 is 11.6 Å². The molecule has 1 N–H and O–H groups in total. The van der Waals surface area contributed by atoms with Crippen molar-refractivity contribution < 1.29 is 14.3 Å². The standard InChI is InChI=1S/C25H20ClN5O3/c26-18-11-12-20-21(13-18)30(19-9-5-2-6-10-19)24(32)14-22-28-29-23(31(20)22)15-27-25(33)34-16-17-7-3-1-4-8-17/h1-13H,14-16H2,(H,27,33). The fraction of sp³-hybridized carbons (Fsp3) is 0.120. The van der Waals surface area contributed by atoms with Gasteiger partial charge in [-0.1, -0.05) is 60.1 Å². The second-order valence-electron chi connectivity index (χ2n) is 7.66. The highest BCUT2D eigenvalue weighted by molar-refractivity contribution is 6.31. The number of ether oxygens (including phenoxy) is 1. The third-order valence-corrected chi connectivity index (χ3v) is 5.63. The van der Waals surface area contributed by atoms with E-state index in [1.807, 2.05) is 66.7 Å².